The number of nitrogens with one attached hydrogen (secondary N) is 2. The molecule has 3 aromatic heterocycles. The zero-order valence-electron chi connectivity index (χ0n) is 16.9. The summed E-state index contributed by atoms with van der Waals surface area (Å²) in [5, 5.41) is 17.2. The number of nitrogens with zero attached hydrogens (tertiary/aromatic N) is 2. The number of alkyl halides is 3. The van der Waals surface area contributed by atoms with Gasteiger partial charge in [-0.3, -0.25) is 4.79 Å². The fourth-order valence-electron chi connectivity index (χ4n) is 3.14. The summed E-state index contributed by atoms with van der Waals surface area (Å²) < 4.78 is 32.6. The number of fused-ring (bicyclic) bond motifs is 1. The van der Waals surface area contributed by atoms with Gasteiger partial charge in [-0.15, -0.1) is 22.7 Å². The zero-order valence-corrected chi connectivity index (χ0v) is 20.1. The normalized spacial score (nSPS) is 18.3. The van der Waals surface area contributed by atoms with Gasteiger partial charge in [0, 0.05) is 17.5 Å². The number of amides is 1. The number of carboxylic acid groups (broad SMARTS) is 1. The molecule has 1 saturated carbocycles. The molecule has 0 spiro atoms. The first kappa shape index (κ1) is 25.3. The van der Waals surface area contributed by atoms with Crippen molar-refractivity contribution >= 4 is 72.3 Å². The molecule has 33 heavy (non-hydrogen) atoms. The number of thiophene rings is 2. The molecule has 1 fully saturated rings. The van der Waals surface area contributed by atoms with Crippen LogP contribution in [-0.2, 0) is 4.79 Å². The fraction of sp³-hybridized carbons (Fsp3) is 0.368. The molecule has 0 aromatic carbocycles. The van der Waals surface area contributed by atoms with Gasteiger partial charge in [-0.25, -0.2) is 14.8 Å². The Balaban J connectivity index is 0.000000383. The molecule has 1 amide bonds. The van der Waals surface area contributed by atoms with Crippen molar-refractivity contribution in [2.24, 2.45) is 5.73 Å². The summed E-state index contributed by atoms with van der Waals surface area (Å²) in [6.07, 6.45) is 1.04. The molecule has 2 atom stereocenters. The Morgan fingerprint density at radius 3 is 2.55 bits per heavy atom. The number of carbonyl (C=O) groups excluding carboxylic acids is 1. The molecule has 14 heteroatoms. The van der Waals surface area contributed by atoms with E-state index in [0.29, 0.717) is 16.9 Å². The van der Waals surface area contributed by atoms with Crippen LogP contribution >= 0.6 is 38.6 Å². The molecule has 4 rings (SSSR count). The van der Waals surface area contributed by atoms with Crippen LogP contribution < -0.4 is 16.4 Å². The van der Waals surface area contributed by atoms with Crippen LogP contribution in [0.2, 0.25) is 0 Å². The first-order valence-electron chi connectivity index (χ1n) is 9.67. The van der Waals surface area contributed by atoms with E-state index in [9.17, 15) is 18.0 Å². The van der Waals surface area contributed by atoms with E-state index in [2.05, 4.69) is 36.5 Å². The van der Waals surface area contributed by atoms with E-state index in [4.69, 9.17) is 15.6 Å². The van der Waals surface area contributed by atoms with Crippen LogP contribution in [0.4, 0.5) is 24.7 Å². The molecule has 8 nitrogen and oxygen atoms in total. The largest absolute Gasteiger partial charge is 0.490 e. The number of carbonyl (C=O) groups is 2. The molecule has 3 aromatic rings. The van der Waals surface area contributed by atoms with E-state index in [1.54, 1.807) is 11.6 Å². The highest BCUT2D eigenvalue weighted by atomic mass is 79.9. The number of anilines is 2. The standard InChI is InChI=1S/C17H18BrN5OS2.C2HF3O2/c18-15-12(5-6-25-15)22-16(24)9-8-26-17-14(9)23-13(7-20-17)21-11-4-2-1-3-10(11)19;3-2(4,5)1(6)7/h5-8,10-11H,1-4,19H2,(H,21,23)(H,22,24);(H,6,7)/t10-,11+;/m0./s1. The van der Waals surface area contributed by atoms with E-state index in [1.165, 1.54) is 35.5 Å². The SMILES string of the molecule is N[C@H]1CCCC[C@H]1Nc1cnc2scc(C(=O)Nc3ccsc3Br)c2n1.O=C(O)C(F)(F)F. The van der Waals surface area contributed by atoms with Crippen molar-refractivity contribution in [2.75, 3.05) is 10.6 Å². The number of carboxylic acids is 1. The van der Waals surface area contributed by atoms with E-state index < -0.39 is 12.1 Å². The fourth-order valence-corrected chi connectivity index (χ4v) is 5.09. The minimum absolute atomic E-state index is 0.127. The van der Waals surface area contributed by atoms with Crippen molar-refractivity contribution in [1.82, 2.24) is 9.97 Å². The second kappa shape index (κ2) is 10.8. The first-order chi connectivity index (χ1) is 15.6. The summed E-state index contributed by atoms with van der Waals surface area (Å²) in [5.74, 6) is -2.27. The lowest BCUT2D eigenvalue weighted by Gasteiger charge is -2.29. The van der Waals surface area contributed by atoms with Crippen molar-refractivity contribution in [3.8, 4) is 0 Å². The van der Waals surface area contributed by atoms with Crippen LogP contribution in [0.15, 0.2) is 26.8 Å². The molecule has 0 unspecified atom stereocenters. The molecular formula is C19H19BrF3N5O3S2. The predicted molar refractivity (Wildman–Crippen MR) is 125 cm³/mol. The quantitative estimate of drug-likeness (QED) is 0.347. The Labute approximate surface area is 202 Å². The summed E-state index contributed by atoms with van der Waals surface area (Å²) in [6.45, 7) is 0. The minimum atomic E-state index is -5.08. The summed E-state index contributed by atoms with van der Waals surface area (Å²) in [4.78, 5) is 31.4. The van der Waals surface area contributed by atoms with Crippen LogP contribution in [0.3, 0.4) is 0 Å². The lowest BCUT2D eigenvalue weighted by molar-refractivity contribution is -0.192. The highest BCUT2D eigenvalue weighted by molar-refractivity contribution is 9.11. The third kappa shape index (κ3) is 6.62. The Hall–Kier alpha value is -2.29. The third-order valence-corrected chi connectivity index (χ3v) is 7.35. The number of rotatable bonds is 4. The second-order valence-corrected chi connectivity index (χ2v) is 10.2. The maximum absolute atomic E-state index is 12.7. The van der Waals surface area contributed by atoms with Gasteiger partial charge in [0.05, 0.1) is 21.2 Å². The Morgan fingerprint density at radius 1 is 1.24 bits per heavy atom. The van der Waals surface area contributed by atoms with Crippen LogP contribution in [0.1, 0.15) is 36.0 Å². The molecule has 5 N–H and O–H groups in total. The van der Waals surface area contributed by atoms with Crippen LogP contribution in [-0.4, -0.2) is 45.2 Å². The van der Waals surface area contributed by atoms with Gasteiger partial charge in [-0.1, -0.05) is 12.8 Å². The first-order valence-corrected chi connectivity index (χ1v) is 12.2. The van der Waals surface area contributed by atoms with Gasteiger partial charge in [-0.05, 0) is 40.2 Å². The summed E-state index contributed by atoms with van der Waals surface area (Å²) in [6, 6.07) is 2.19. The minimum Gasteiger partial charge on any atom is -0.475 e. The molecule has 0 aliphatic heterocycles. The average Bonchev–Trinajstić information content (AvgIpc) is 3.35. The third-order valence-electron chi connectivity index (χ3n) is 4.79. The Kier molecular flexibility index (Phi) is 8.26. The molecule has 1 aliphatic rings. The van der Waals surface area contributed by atoms with E-state index in [-0.39, 0.29) is 18.0 Å². The van der Waals surface area contributed by atoms with Gasteiger partial charge in [0.25, 0.3) is 5.91 Å². The van der Waals surface area contributed by atoms with Crippen LogP contribution in [0.5, 0.6) is 0 Å². The lowest BCUT2D eigenvalue weighted by Crippen LogP contribution is -2.42. The van der Waals surface area contributed by atoms with Gasteiger partial charge in [0.2, 0.25) is 0 Å². The number of hydrogen-bond acceptors (Lipinski definition) is 8. The topological polar surface area (TPSA) is 130 Å². The van der Waals surface area contributed by atoms with Crippen molar-refractivity contribution in [3.63, 3.8) is 0 Å². The average molecular weight is 566 g/mol. The molecule has 0 radical (unpaired) electrons. The van der Waals surface area contributed by atoms with Crippen LogP contribution in [0.25, 0.3) is 10.3 Å². The molecule has 0 bridgehead atoms. The van der Waals surface area contributed by atoms with Crippen molar-refractivity contribution < 1.29 is 27.9 Å². The molecule has 1 aliphatic carbocycles. The van der Waals surface area contributed by atoms with Crippen molar-refractivity contribution in [3.05, 3.63) is 32.4 Å². The van der Waals surface area contributed by atoms with Crippen LogP contribution in [0, 0.1) is 0 Å². The van der Waals surface area contributed by atoms with E-state index in [0.717, 1.165) is 27.1 Å². The van der Waals surface area contributed by atoms with Gasteiger partial charge in [0.15, 0.2) is 0 Å². The molecule has 3 heterocycles. The zero-order chi connectivity index (χ0) is 24.2. The lowest BCUT2D eigenvalue weighted by atomic mass is 9.91. The second-order valence-electron chi connectivity index (χ2n) is 7.12. The summed E-state index contributed by atoms with van der Waals surface area (Å²) >= 11 is 6.38. The van der Waals surface area contributed by atoms with Crippen molar-refractivity contribution in [1.29, 1.82) is 0 Å². The summed E-state index contributed by atoms with van der Waals surface area (Å²) in [7, 11) is 0. The monoisotopic (exact) mass is 565 g/mol. The van der Waals surface area contributed by atoms with Gasteiger partial charge in [-0.2, -0.15) is 13.2 Å². The Bertz CT molecular complexity index is 1140. The molecule has 0 saturated heterocycles. The number of hydrogen-bond donors (Lipinski definition) is 4. The smallest absolute Gasteiger partial charge is 0.475 e. The predicted octanol–water partition coefficient (Wildman–Crippen LogP) is 5.08. The number of aromatic nitrogens is 2. The van der Waals surface area contributed by atoms with Gasteiger partial charge < -0.3 is 21.5 Å². The van der Waals surface area contributed by atoms with E-state index in [1.807, 2.05) is 11.4 Å². The Morgan fingerprint density at radius 2 is 1.94 bits per heavy atom. The highest BCUT2D eigenvalue weighted by Crippen LogP contribution is 2.30. The highest BCUT2D eigenvalue weighted by Gasteiger charge is 2.38. The number of halogens is 4. The molecular weight excluding hydrogens is 547 g/mol. The number of nitrogens with two attached hydrogens (primary N) is 1. The van der Waals surface area contributed by atoms with Crippen molar-refractivity contribution in [2.45, 2.75) is 43.9 Å². The summed E-state index contributed by atoms with van der Waals surface area (Å²) in [5.41, 5.74) is 8.12. The molecule has 178 valence electrons. The van der Waals surface area contributed by atoms with Gasteiger partial charge >= 0.3 is 12.1 Å². The maximum atomic E-state index is 12.7. The van der Waals surface area contributed by atoms with Gasteiger partial charge in [0.1, 0.15) is 16.2 Å². The van der Waals surface area contributed by atoms with E-state index >= 15 is 0 Å². The number of aliphatic carboxylic acids is 1. The maximum Gasteiger partial charge on any atom is 0.490 e.